The Morgan fingerprint density at radius 3 is 2.64 bits per heavy atom. The Bertz CT molecular complexity index is 780. The van der Waals surface area contributed by atoms with E-state index in [1.54, 1.807) is 26.1 Å². The normalized spacial score (nSPS) is 13.1. The zero-order valence-electron chi connectivity index (χ0n) is 13.8. The Hall–Kier alpha value is -2.51. The number of carbonyl (C=O) groups excluding carboxylic acids is 1. The fraction of sp³-hybridized carbons (Fsp3) is 0.235. The number of carbonyl (C=O) groups is 1. The van der Waals surface area contributed by atoms with Crippen LogP contribution in [0.25, 0.3) is 0 Å². The highest BCUT2D eigenvalue weighted by atomic mass is 35.5. The van der Waals surface area contributed by atoms with E-state index in [-0.39, 0.29) is 17.9 Å². The monoisotopic (exact) mass is 366 g/mol. The van der Waals surface area contributed by atoms with Crippen LogP contribution in [0.1, 0.15) is 12.5 Å². The summed E-state index contributed by atoms with van der Waals surface area (Å²) in [6.45, 7) is 1.87. The lowest BCUT2D eigenvalue weighted by Gasteiger charge is -2.21. The van der Waals surface area contributed by atoms with Gasteiger partial charge in [-0.3, -0.25) is 14.9 Å². The predicted molar refractivity (Wildman–Crippen MR) is 93.2 cm³/mol. The van der Waals surface area contributed by atoms with Crippen LogP contribution < -0.4 is 10.2 Å². The highest BCUT2D eigenvalue weighted by molar-refractivity contribution is 6.31. The topological polar surface area (TPSA) is 76.7 Å². The number of nitro benzene ring substituents is 1. The predicted octanol–water partition coefficient (Wildman–Crippen LogP) is 2.43. The smallest absolute Gasteiger partial charge is 0.292 e. The number of hydrogen-bond acceptors (Lipinski definition) is 3. The van der Waals surface area contributed by atoms with Gasteiger partial charge in [-0.2, -0.15) is 0 Å². The van der Waals surface area contributed by atoms with Crippen LogP contribution in [0.2, 0.25) is 5.02 Å². The van der Waals surface area contributed by atoms with Gasteiger partial charge < -0.3 is 10.2 Å². The molecule has 2 aromatic carbocycles. The lowest BCUT2D eigenvalue weighted by molar-refractivity contribution is -0.908. The maximum Gasteiger partial charge on any atom is 0.292 e. The minimum atomic E-state index is -0.574. The second kappa shape index (κ2) is 8.04. The Kier molecular flexibility index (Phi) is 6.06. The molecule has 0 aliphatic heterocycles. The molecule has 25 heavy (non-hydrogen) atoms. The first-order valence-electron chi connectivity index (χ1n) is 7.60. The first-order valence-corrected chi connectivity index (χ1v) is 7.98. The highest BCUT2D eigenvalue weighted by Gasteiger charge is 2.26. The van der Waals surface area contributed by atoms with Gasteiger partial charge in [0.15, 0.2) is 6.04 Å². The molecule has 0 fully saturated rings. The van der Waals surface area contributed by atoms with E-state index in [1.807, 2.05) is 0 Å². The molecule has 1 unspecified atom stereocenters. The van der Waals surface area contributed by atoms with E-state index in [9.17, 15) is 19.3 Å². The summed E-state index contributed by atoms with van der Waals surface area (Å²) in [4.78, 5) is 23.6. The van der Waals surface area contributed by atoms with E-state index >= 15 is 0 Å². The number of amides is 1. The first-order chi connectivity index (χ1) is 11.8. The lowest BCUT2D eigenvalue weighted by atomic mass is 10.1. The van der Waals surface area contributed by atoms with Gasteiger partial charge in [-0.05, 0) is 25.1 Å². The van der Waals surface area contributed by atoms with Gasteiger partial charge in [0, 0.05) is 6.07 Å². The van der Waals surface area contributed by atoms with Crippen molar-refractivity contribution in [1.29, 1.82) is 0 Å². The van der Waals surface area contributed by atoms with Gasteiger partial charge in [0.1, 0.15) is 18.0 Å². The minimum Gasteiger partial charge on any atom is -0.323 e. The molecule has 2 rings (SSSR count). The largest absolute Gasteiger partial charge is 0.323 e. The molecule has 2 aromatic rings. The molecular formula is C17H18ClFN3O3+. The zero-order chi connectivity index (χ0) is 18.6. The van der Waals surface area contributed by atoms with Crippen molar-refractivity contribution in [3.05, 3.63) is 69.0 Å². The molecule has 0 spiro atoms. The maximum absolute atomic E-state index is 13.9. The van der Waals surface area contributed by atoms with Gasteiger partial charge in [-0.25, -0.2) is 4.39 Å². The summed E-state index contributed by atoms with van der Waals surface area (Å²) < 4.78 is 13.9. The number of nitrogens with zero attached hydrogens (tertiary/aromatic N) is 1. The van der Waals surface area contributed by atoms with Crippen molar-refractivity contribution < 1.29 is 19.0 Å². The van der Waals surface area contributed by atoms with E-state index in [1.165, 1.54) is 30.3 Å². The van der Waals surface area contributed by atoms with Crippen LogP contribution in [0.3, 0.4) is 0 Å². The van der Waals surface area contributed by atoms with Crippen molar-refractivity contribution in [2.75, 3.05) is 12.4 Å². The fourth-order valence-corrected chi connectivity index (χ4v) is 2.57. The van der Waals surface area contributed by atoms with Gasteiger partial charge in [-0.15, -0.1) is 0 Å². The van der Waals surface area contributed by atoms with E-state index in [0.717, 1.165) is 0 Å². The van der Waals surface area contributed by atoms with Crippen molar-refractivity contribution in [3.8, 4) is 0 Å². The molecular weight excluding hydrogens is 349 g/mol. The third kappa shape index (κ3) is 4.52. The summed E-state index contributed by atoms with van der Waals surface area (Å²) in [5, 5.41) is 13.9. The van der Waals surface area contributed by atoms with Gasteiger partial charge in [0.25, 0.3) is 11.6 Å². The number of likely N-dealkylation sites (N-methyl/N-ethyl adjacent to an activating group) is 1. The van der Waals surface area contributed by atoms with Crippen LogP contribution in [0.4, 0.5) is 15.8 Å². The fourth-order valence-electron chi connectivity index (χ4n) is 2.34. The Morgan fingerprint density at radius 2 is 2.00 bits per heavy atom. The van der Waals surface area contributed by atoms with Gasteiger partial charge in [0.2, 0.25) is 0 Å². The lowest BCUT2D eigenvalue weighted by Crippen LogP contribution is -3.12. The highest BCUT2D eigenvalue weighted by Crippen LogP contribution is 2.23. The molecule has 8 heteroatoms. The van der Waals surface area contributed by atoms with Crippen LogP contribution in [0, 0.1) is 15.9 Å². The van der Waals surface area contributed by atoms with Gasteiger partial charge in [0.05, 0.1) is 22.6 Å². The number of halogens is 2. The average Bonchev–Trinajstić information content (AvgIpc) is 2.57. The Balaban J connectivity index is 2.11. The summed E-state index contributed by atoms with van der Waals surface area (Å²) in [6, 6.07) is 9.74. The van der Waals surface area contributed by atoms with Crippen LogP contribution >= 0.6 is 11.6 Å². The van der Waals surface area contributed by atoms with Crippen molar-refractivity contribution in [1.82, 2.24) is 0 Å². The van der Waals surface area contributed by atoms with Crippen LogP contribution in [-0.4, -0.2) is 23.9 Å². The van der Waals surface area contributed by atoms with Crippen molar-refractivity contribution in [2.24, 2.45) is 0 Å². The molecule has 0 bridgehead atoms. The van der Waals surface area contributed by atoms with Crippen LogP contribution in [-0.2, 0) is 11.3 Å². The maximum atomic E-state index is 13.9. The van der Waals surface area contributed by atoms with Crippen LogP contribution in [0.15, 0.2) is 42.5 Å². The number of rotatable bonds is 6. The van der Waals surface area contributed by atoms with E-state index in [4.69, 9.17) is 11.6 Å². The molecule has 132 valence electrons. The van der Waals surface area contributed by atoms with E-state index in [2.05, 4.69) is 5.32 Å². The minimum absolute atomic E-state index is 0.126. The molecule has 2 atom stereocenters. The van der Waals surface area contributed by atoms with Gasteiger partial charge >= 0.3 is 0 Å². The SMILES string of the molecule is C[C@H](C(=O)Nc1ccccc1[N+](=O)[O-])[NH+](C)Cc1c(F)cccc1Cl. The summed E-state index contributed by atoms with van der Waals surface area (Å²) in [5.41, 5.74) is 0.269. The molecule has 6 nitrogen and oxygen atoms in total. The number of benzene rings is 2. The van der Waals surface area contributed by atoms with Crippen LogP contribution in [0.5, 0.6) is 0 Å². The third-order valence-corrected chi connectivity index (χ3v) is 4.36. The molecule has 0 aliphatic rings. The standard InChI is InChI=1S/C17H17ClFN3O3/c1-11(21(2)10-12-13(18)6-5-7-14(12)19)17(23)20-15-8-3-4-9-16(15)22(24)25/h3-9,11H,10H2,1-2H3,(H,20,23)/p+1/t11-/m1/s1. The first kappa shape index (κ1) is 18.8. The number of para-hydroxylation sites is 2. The van der Waals surface area contributed by atoms with Crippen molar-refractivity contribution in [3.63, 3.8) is 0 Å². The molecule has 0 aromatic heterocycles. The second-order valence-electron chi connectivity index (χ2n) is 5.71. The Labute approximate surface area is 149 Å². The molecule has 2 N–H and O–H groups in total. The molecule has 1 amide bonds. The Morgan fingerprint density at radius 1 is 1.32 bits per heavy atom. The van der Waals surface area contributed by atoms with E-state index < -0.39 is 22.7 Å². The molecule has 0 aliphatic carbocycles. The molecule has 0 saturated carbocycles. The molecule has 0 radical (unpaired) electrons. The van der Waals surface area contributed by atoms with Crippen molar-refractivity contribution >= 4 is 28.9 Å². The number of nitro groups is 1. The summed E-state index contributed by atoms with van der Waals surface area (Å²) in [6.07, 6.45) is 0. The summed E-state index contributed by atoms with van der Waals surface area (Å²) >= 11 is 6.01. The number of quaternary nitrogens is 1. The second-order valence-corrected chi connectivity index (χ2v) is 6.12. The summed E-state index contributed by atoms with van der Waals surface area (Å²) in [7, 11) is 1.73. The molecule has 0 heterocycles. The average molecular weight is 367 g/mol. The molecule has 0 saturated heterocycles. The number of nitrogens with one attached hydrogen (secondary N) is 2. The third-order valence-electron chi connectivity index (χ3n) is 4.01. The summed E-state index contributed by atoms with van der Waals surface area (Å²) in [5.74, 6) is -0.836. The van der Waals surface area contributed by atoms with Crippen molar-refractivity contribution in [2.45, 2.75) is 19.5 Å². The number of hydrogen-bond donors (Lipinski definition) is 2. The quantitative estimate of drug-likeness (QED) is 0.609. The zero-order valence-corrected chi connectivity index (χ0v) is 14.5. The van der Waals surface area contributed by atoms with Gasteiger partial charge in [-0.1, -0.05) is 29.8 Å². The van der Waals surface area contributed by atoms with E-state index in [0.29, 0.717) is 15.5 Å². The number of anilines is 1.